The third-order valence-electron chi connectivity index (χ3n) is 3.81. The predicted octanol–water partition coefficient (Wildman–Crippen LogP) is 4.40. The Morgan fingerprint density at radius 1 is 1.07 bits per heavy atom. The lowest BCUT2D eigenvalue weighted by Gasteiger charge is -2.02. The van der Waals surface area contributed by atoms with Crippen LogP contribution >= 0.6 is 11.8 Å². The summed E-state index contributed by atoms with van der Waals surface area (Å²) in [7, 11) is 1.61. The molecule has 0 amide bonds. The fourth-order valence-electron chi connectivity index (χ4n) is 2.54. The summed E-state index contributed by atoms with van der Waals surface area (Å²) < 4.78 is 16.4. The highest BCUT2D eigenvalue weighted by Gasteiger charge is 2.15. The van der Waals surface area contributed by atoms with Gasteiger partial charge in [-0.05, 0) is 31.2 Å². The molecule has 0 saturated heterocycles. The van der Waals surface area contributed by atoms with E-state index < -0.39 is 0 Å². The van der Waals surface area contributed by atoms with E-state index in [2.05, 4.69) is 20.3 Å². The first-order valence-corrected chi connectivity index (χ1v) is 9.21. The number of aromatic nitrogens is 4. The molecule has 4 aromatic rings. The Labute approximate surface area is 159 Å². The van der Waals surface area contributed by atoms with E-state index in [0.717, 1.165) is 16.7 Å². The van der Waals surface area contributed by atoms with E-state index in [1.807, 2.05) is 55.5 Å². The molecule has 2 aromatic carbocycles. The van der Waals surface area contributed by atoms with Gasteiger partial charge in [-0.2, -0.15) is 4.98 Å². The molecule has 0 atom stereocenters. The first kappa shape index (κ1) is 17.3. The van der Waals surface area contributed by atoms with Crippen molar-refractivity contribution in [3.8, 4) is 28.6 Å². The van der Waals surface area contributed by atoms with Crippen molar-refractivity contribution in [3.63, 3.8) is 0 Å². The lowest BCUT2D eigenvalue weighted by atomic mass is 10.1. The van der Waals surface area contributed by atoms with Gasteiger partial charge in [0.25, 0.3) is 5.22 Å². The number of rotatable bonds is 6. The van der Waals surface area contributed by atoms with Crippen LogP contribution in [0.2, 0.25) is 0 Å². The van der Waals surface area contributed by atoms with Crippen molar-refractivity contribution < 1.29 is 13.7 Å². The molecule has 0 aliphatic heterocycles. The largest absolute Gasteiger partial charge is 0.496 e. The summed E-state index contributed by atoms with van der Waals surface area (Å²) in [4.78, 5) is 4.41. The van der Waals surface area contributed by atoms with Gasteiger partial charge < -0.3 is 13.7 Å². The van der Waals surface area contributed by atoms with Crippen LogP contribution in [0.15, 0.2) is 62.7 Å². The molecule has 0 aliphatic rings. The summed E-state index contributed by atoms with van der Waals surface area (Å²) >= 11 is 1.34. The lowest BCUT2D eigenvalue weighted by molar-refractivity contribution is 0.389. The SMILES string of the molecule is COc1ccccc1-c1noc(CSc2nnc(-c3cccc(C)c3)o2)n1. The second kappa shape index (κ2) is 7.63. The number of aryl methyl sites for hydroxylation is 1. The van der Waals surface area contributed by atoms with Gasteiger partial charge in [0.15, 0.2) is 0 Å². The number of para-hydroxylation sites is 1. The second-order valence-corrected chi connectivity index (χ2v) is 6.67. The molecule has 136 valence electrons. The molecule has 2 aromatic heterocycles. The fraction of sp³-hybridized carbons (Fsp3) is 0.158. The maximum atomic E-state index is 5.71. The maximum Gasteiger partial charge on any atom is 0.277 e. The zero-order valence-electron chi connectivity index (χ0n) is 14.7. The van der Waals surface area contributed by atoms with E-state index >= 15 is 0 Å². The highest BCUT2D eigenvalue weighted by Crippen LogP contribution is 2.29. The number of ether oxygens (including phenoxy) is 1. The summed E-state index contributed by atoms with van der Waals surface area (Å²) in [6.07, 6.45) is 0. The van der Waals surface area contributed by atoms with Gasteiger partial charge in [0.2, 0.25) is 17.6 Å². The normalized spacial score (nSPS) is 10.9. The Morgan fingerprint density at radius 3 is 2.81 bits per heavy atom. The van der Waals surface area contributed by atoms with E-state index in [-0.39, 0.29) is 0 Å². The molecule has 0 bridgehead atoms. The predicted molar refractivity (Wildman–Crippen MR) is 100 cm³/mol. The summed E-state index contributed by atoms with van der Waals surface area (Å²) in [6.45, 7) is 2.02. The van der Waals surface area contributed by atoms with Crippen LogP contribution in [0.1, 0.15) is 11.5 Å². The molecule has 8 heteroatoms. The minimum atomic E-state index is 0.428. The molecule has 0 unspecified atom stereocenters. The maximum absolute atomic E-state index is 5.71. The Balaban J connectivity index is 1.45. The molecule has 4 rings (SSSR count). The quantitative estimate of drug-likeness (QED) is 0.455. The molecule has 0 fully saturated rings. The minimum absolute atomic E-state index is 0.428. The van der Waals surface area contributed by atoms with Crippen LogP contribution < -0.4 is 4.74 Å². The van der Waals surface area contributed by atoms with E-state index in [0.29, 0.717) is 34.3 Å². The molecular weight excluding hydrogens is 364 g/mol. The third-order valence-corrected chi connectivity index (χ3v) is 4.61. The van der Waals surface area contributed by atoms with Gasteiger partial charge >= 0.3 is 0 Å². The topological polar surface area (TPSA) is 87.1 Å². The molecule has 0 N–H and O–H groups in total. The van der Waals surface area contributed by atoms with Crippen molar-refractivity contribution in [2.24, 2.45) is 0 Å². The Kier molecular flexibility index (Phi) is 4.88. The van der Waals surface area contributed by atoms with Crippen LogP contribution in [0.4, 0.5) is 0 Å². The Bertz CT molecular complexity index is 1060. The van der Waals surface area contributed by atoms with Crippen LogP contribution in [-0.4, -0.2) is 27.4 Å². The minimum Gasteiger partial charge on any atom is -0.496 e. The van der Waals surface area contributed by atoms with Crippen LogP contribution in [0.3, 0.4) is 0 Å². The number of hydrogen-bond donors (Lipinski definition) is 0. The molecule has 0 aliphatic carbocycles. The van der Waals surface area contributed by atoms with Gasteiger partial charge in [-0.25, -0.2) is 0 Å². The van der Waals surface area contributed by atoms with Crippen LogP contribution in [0.5, 0.6) is 5.75 Å². The zero-order valence-corrected chi connectivity index (χ0v) is 15.6. The first-order valence-electron chi connectivity index (χ1n) is 8.22. The van der Waals surface area contributed by atoms with Gasteiger partial charge in [-0.15, -0.1) is 10.2 Å². The Hall–Kier alpha value is -3.13. The van der Waals surface area contributed by atoms with Crippen molar-refractivity contribution in [2.75, 3.05) is 7.11 Å². The van der Waals surface area contributed by atoms with Crippen LogP contribution in [-0.2, 0) is 5.75 Å². The smallest absolute Gasteiger partial charge is 0.277 e. The molecule has 2 heterocycles. The Morgan fingerprint density at radius 2 is 1.96 bits per heavy atom. The fourth-order valence-corrected chi connectivity index (χ4v) is 3.14. The number of hydrogen-bond acceptors (Lipinski definition) is 8. The monoisotopic (exact) mass is 380 g/mol. The van der Waals surface area contributed by atoms with Crippen molar-refractivity contribution >= 4 is 11.8 Å². The average Bonchev–Trinajstić information content (AvgIpc) is 3.36. The van der Waals surface area contributed by atoms with E-state index in [1.54, 1.807) is 7.11 Å². The van der Waals surface area contributed by atoms with Crippen molar-refractivity contribution in [1.82, 2.24) is 20.3 Å². The molecule has 27 heavy (non-hydrogen) atoms. The average molecular weight is 380 g/mol. The third kappa shape index (κ3) is 3.85. The number of thioether (sulfide) groups is 1. The number of methoxy groups -OCH3 is 1. The number of nitrogens with zero attached hydrogens (tertiary/aromatic N) is 4. The summed E-state index contributed by atoms with van der Waals surface area (Å²) in [5.41, 5.74) is 2.81. The molecule has 0 saturated carbocycles. The van der Waals surface area contributed by atoms with Crippen molar-refractivity contribution in [3.05, 3.63) is 60.0 Å². The van der Waals surface area contributed by atoms with Crippen molar-refractivity contribution in [1.29, 1.82) is 0 Å². The molecular formula is C19H16N4O3S. The zero-order chi connectivity index (χ0) is 18.6. The van der Waals surface area contributed by atoms with Gasteiger partial charge in [0, 0.05) is 5.56 Å². The van der Waals surface area contributed by atoms with Gasteiger partial charge in [-0.3, -0.25) is 0 Å². The van der Waals surface area contributed by atoms with Crippen LogP contribution in [0.25, 0.3) is 22.8 Å². The van der Waals surface area contributed by atoms with Gasteiger partial charge in [0.05, 0.1) is 18.4 Å². The van der Waals surface area contributed by atoms with E-state index in [4.69, 9.17) is 13.7 Å². The second-order valence-electron chi connectivity index (χ2n) is 5.74. The summed E-state index contributed by atoms with van der Waals surface area (Å²) in [5.74, 6) is 2.56. The van der Waals surface area contributed by atoms with E-state index in [9.17, 15) is 0 Å². The molecule has 0 radical (unpaired) electrons. The highest BCUT2D eigenvalue weighted by molar-refractivity contribution is 7.98. The van der Waals surface area contributed by atoms with E-state index in [1.165, 1.54) is 11.8 Å². The van der Waals surface area contributed by atoms with Gasteiger partial charge in [0.1, 0.15) is 5.75 Å². The lowest BCUT2D eigenvalue weighted by Crippen LogP contribution is -1.89. The van der Waals surface area contributed by atoms with Gasteiger partial charge in [-0.1, -0.05) is 46.7 Å². The molecule has 0 spiro atoms. The van der Waals surface area contributed by atoms with Crippen molar-refractivity contribution in [2.45, 2.75) is 17.9 Å². The standard InChI is InChI=1S/C19H16N4O3S/c1-12-6-5-7-13(10-12)18-21-22-19(25-18)27-11-16-20-17(23-26-16)14-8-3-4-9-15(14)24-2/h3-10H,11H2,1-2H3. The first-order chi connectivity index (χ1) is 13.2. The number of benzene rings is 2. The molecule has 7 nitrogen and oxygen atoms in total. The summed E-state index contributed by atoms with van der Waals surface area (Å²) in [5, 5.41) is 12.6. The van der Waals surface area contributed by atoms with Crippen LogP contribution in [0, 0.1) is 6.92 Å². The highest BCUT2D eigenvalue weighted by atomic mass is 32.2. The summed E-state index contributed by atoms with van der Waals surface area (Å²) in [6, 6.07) is 15.4.